The van der Waals surface area contributed by atoms with Crippen molar-refractivity contribution in [2.24, 2.45) is 0 Å². The van der Waals surface area contributed by atoms with Crippen LogP contribution in [0.5, 0.6) is 0 Å². The third-order valence-electron chi connectivity index (χ3n) is 1.56. The fourth-order valence-corrected chi connectivity index (χ4v) is 1.67. The highest BCUT2D eigenvalue weighted by Gasteiger charge is 2.07. The molecule has 0 unspecified atom stereocenters. The molecule has 15 heavy (non-hydrogen) atoms. The first kappa shape index (κ1) is 13.9. The maximum absolute atomic E-state index is 11.1. The minimum Gasteiger partial charge on any atom is -0.483 e. The van der Waals surface area contributed by atoms with Crippen LogP contribution in [0.1, 0.15) is 5.56 Å². The van der Waals surface area contributed by atoms with Gasteiger partial charge < -0.3 is 5.11 Å². The van der Waals surface area contributed by atoms with Gasteiger partial charge in [-0.05, 0) is 30.7 Å². The number of hydrogen-bond acceptors (Lipinski definition) is 3. The summed E-state index contributed by atoms with van der Waals surface area (Å²) in [5.74, 6) is 0. The quantitative estimate of drug-likeness (QED) is 0.771. The summed E-state index contributed by atoms with van der Waals surface area (Å²) in [4.78, 5) is 8.67. The molecule has 0 spiro atoms. The van der Waals surface area contributed by atoms with Gasteiger partial charge in [-0.15, -0.1) is 0 Å². The van der Waals surface area contributed by atoms with E-state index in [0.717, 1.165) is 5.56 Å². The van der Waals surface area contributed by atoms with Gasteiger partial charge in [0, 0.05) is 11.3 Å². The van der Waals surface area contributed by atoms with Crippen LogP contribution in [0.25, 0.3) is 0 Å². The van der Waals surface area contributed by atoms with Gasteiger partial charge >= 0.3 is 0 Å². The molecule has 0 saturated carbocycles. The summed E-state index contributed by atoms with van der Waals surface area (Å²) in [6.45, 7) is 1.52. The zero-order valence-corrected chi connectivity index (χ0v) is 9.84. The van der Waals surface area contributed by atoms with Gasteiger partial charge in [0.05, 0.1) is 4.90 Å². The van der Waals surface area contributed by atoms with E-state index in [9.17, 15) is 8.42 Å². The van der Waals surface area contributed by atoms with E-state index in [1.807, 2.05) is 0 Å². The lowest BCUT2D eigenvalue weighted by molar-refractivity contribution is -0.122. The van der Waals surface area contributed by atoms with Crippen molar-refractivity contribution in [2.75, 3.05) is 6.26 Å². The van der Waals surface area contributed by atoms with Crippen molar-refractivity contribution in [1.82, 2.24) is 0 Å². The van der Waals surface area contributed by atoms with Gasteiger partial charge in [-0.25, -0.2) is 8.42 Å². The molecule has 0 saturated heterocycles. The monoisotopic (exact) mass is 250 g/mol. The first-order valence-corrected chi connectivity index (χ1v) is 6.14. The van der Waals surface area contributed by atoms with Gasteiger partial charge in [0.2, 0.25) is 0 Å². The fraction of sp³-hybridized carbons (Fsp3) is 0.222. The van der Waals surface area contributed by atoms with Gasteiger partial charge in [0.15, 0.2) is 9.84 Å². The number of rotatable bonds is 1. The van der Waals surface area contributed by atoms with Crippen molar-refractivity contribution < 1.29 is 18.3 Å². The Hall–Kier alpha value is -1.07. The molecule has 0 aliphatic heterocycles. The Morgan fingerprint density at radius 2 is 1.87 bits per heavy atom. The highest BCUT2D eigenvalue weighted by atomic mass is 35.5. The predicted octanol–water partition coefficient (Wildman–Crippen LogP) is 1.75. The van der Waals surface area contributed by atoms with Crippen molar-refractivity contribution in [3.63, 3.8) is 0 Å². The van der Waals surface area contributed by atoms with Crippen LogP contribution in [0.4, 0.5) is 0 Å². The van der Waals surface area contributed by atoms with Crippen molar-refractivity contribution >= 4 is 27.9 Å². The van der Waals surface area contributed by atoms with Crippen molar-refractivity contribution in [3.05, 3.63) is 28.8 Å². The molecule has 0 aliphatic carbocycles. The van der Waals surface area contributed by atoms with Crippen LogP contribution >= 0.6 is 11.6 Å². The van der Waals surface area contributed by atoms with E-state index in [0.29, 0.717) is 9.92 Å². The molecule has 0 heterocycles. The molecule has 1 aromatic carbocycles. The van der Waals surface area contributed by atoms with Crippen LogP contribution < -0.4 is 0 Å². The van der Waals surface area contributed by atoms with Crippen LogP contribution in [0.2, 0.25) is 5.02 Å². The normalized spacial score (nSPS) is 10.1. The number of aryl methyl sites for hydroxylation is 1. The van der Waals surface area contributed by atoms with Gasteiger partial charge in [-0.1, -0.05) is 11.6 Å². The Morgan fingerprint density at radius 1 is 1.40 bits per heavy atom. The van der Waals surface area contributed by atoms with Crippen molar-refractivity contribution in [2.45, 2.75) is 11.8 Å². The SMILES string of the molecule is Cc1cc(S(C)(=O)=O)ccc1Cl.O=CO. The maximum atomic E-state index is 11.1. The maximum Gasteiger partial charge on any atom is 0.290 e. The summed E-state index contributed by atoms with van der Waals surface area (Å²) >= 11 is 5.74. The average Bonchev–Trinajstić information content (AvgIpc) is 2.09. The van der Waals surface area contributed by atoms with Crippen LogP contribution in [-0.4, -0.2) is 26.3 Å². The van der Waals surface area contributed by atoms with Crippen LogP contribution in [0.15, 0.2) is 23.1 Å². The van der Waals surface area contributed by atoms with Gasteiger partial charge in [-0.2, -0.15) is 0 Å². The van der Waals surface area contributed by atoms with Crippen LogP contribution in [0, 0.1) is 6.92 Å². The first-order chi connectivity index (χ1) is 6.82. The molecule has 0 bridgehead atoms. The number of sulfone groups is 1. The van der Waals surface area contributed by atoms with Crippen LogP contribution in [0.3, 0.4) is 0 Å². The number of halogens is 1. The van der Waals surface area contributed by atoms with Gasteiger partial charge in [0.25, 0.3) is 6.47 Å². The highest BCUT2D eigenvalue weighted by molar-refractivity contribution is 7.90. The Kier molecular flexibility index (Phi) is 5.32. The largest absolute Gasteiger partial charge is 0.483 e. The Morgan fingerprint density at radius 3 is 2.20 bits per heavy atom. The second kappa shape index (κ2) is 5.72. The second-order valence-corrected chi connectivity index (χ2v) is 5.21. The van der Waals surface area contributed by atoms with E-state index in [4.69, 9.17) is 21.5 Å². The minimum atomic E-state index is -3.10. The average molecular weight is 251 g/mol. The molecular weight excluding hydrogens is 240 g/mol. The predicted molar refractivity (Wildman–Crippen MR) is 58.0 cm³/mol. The molecule has 1 N–H and O–H groups in total. The molecule has 4 nitrogen and oxygen atoms in total. The molecule has 0 aromatic heterocycles. The van der Waals surface area contributed by atoms with Crippen LogP contribution in [-0.2, 0) is 14.6 Å². The lowest BCUT2D eigenvalue weighted by Gasteiger charge is -2.00. The van der Waals surface area contributed by atoms with E-state index >= 15 is 0 Å². The number of hydrogen-bond donors (Lipinski definition) is 1. The second-order valence-electron chi connectivity index (χ2n) is 2.79. The summed E-state index contributed by atoms with van der Waals surface area (Å²) in [6.07, 6.45) is 1.18. The molecule has 0 atom stereocenters. The third-order valence-corrected chi connectivity index (χ3v) is 3.09. The number of carboxylic acid groups (broad SMARTS) is 1. The summed E-state index contributed by atoms with van der Waals surface area (Å²) in [6, 6.07) is 4.66. The summed E-state index contributed by atoms with van der Waals surface area (Å²) < 4.78 is 22.1. The molecule has 1 rings (SSSR count). The Balaban J connectivity index is 0.000000583. The lowest BCUT2D eigenvalue weighted by atomic mass is 10.2. The molecule has 0 fully saturated rings. The Bertz CT molecular complexity index is 439. The molecule has 0 amide bonds. The molecule has 0 radical (unpaired) electrons. The van der Waals surface area contributed by atoms with Crippen molar-refractivity contribution in [1.29, 1.82) is 0 Å². The molecule has 6 heteroatoms. The number of benzene rings is 1. The Labute approximate surface area is 93.4 Å². The molecule has 1 aromatic rings. The van der Waals surface area contributed by atoms with Crippen molar-refractivity contribution in [3.8, 4) is 0 Å². The van der Waals surface area contributed by atoms with E-state index in [-0.39, 0.29) is 6.47 Å². The summed E-state index contributed by atoms with van der Waals surface area (Å²) in [7, 11) is -3.10. The summed E-state index contributed by atoms with van der Waals surface area (Å²) in [5.41, 5.74) is 0.777. The molecule has 84 valence electrons. The number of carbonyl (C=O) groups is 1. The first-order valence-electron chi connectivity index (χ1n) is 3.87. The zero-order chi connectivity index (χ0) is 12.1. The third kappa shape index (κ3) is 4.80. The topological polar surface area (TPSA) is 71.4 Å². The van der Waals surface area contributed by atoms with Gasteiger partial charge in [0.1, 0.15) is 0 Å². The van der Waals surface area contributed by atoms with E-state index in [1.54, 1.807) is 19.1 Å². The smallest absolute Gasteiger partial charge is 0.290 e. The highest BCUT2D eigenvalue weighted by Crippen LogP contribution is 2.18. The van der Waals surface area contributed by atoms with E-state index in [2.05, 4.69) is 0 Å². The van der Waals surface area contributed by atoms with E-state index in [1.165, 1.54) is 12.3 Å². The minimum absolute atomic E-state index is 0.250. The van der Waals surface area contributed by atoms with Gasteiger partial charge in [-0.3, -0.25) is 4.79 Å². The molecular formula is C9H11ClO4S. The van der Waals surface area contributed by atoms with E-state index < -0.39 is 9.84 Å². The summed E-state index contributed by atoms with van der Waals surface area (Å²) in [5, 5.41) is 7.47. The zero-order valence-electron chi connectivity index (χ0n) is 8.27. The lowest BCUT2D eigenvalue weighted by Crippen LogP contribution is -1.96. The standard InChI is InChI=1S/C8H9ClO2S.CH2O2/c1-6-5-7(12(2,10)11)3-4-8(6)9;2-1-3/h3-5H,1-2H3;1H,(H,2,3). The fourth-order valence-electron chi connectivity index (χ4n) is 0.848. The molecule has 0 aliphatic rings.